The van der Waals surface area contributed by atoms with Crippen LogP contribution in [0.2, 0.25) is 0 Å². The molecular weight excluding hydrogens is 991 g/mol. The topological polar surface area (TPSA) is 386 Å². The number of carboxylic acids is 1. The molecule has 0 radical (unpaired) electrons. The molecule has 2 rings (SSSR count). The summed E-state index contributed by atoms with van der Waals surface area (Å²) in [5.74, 6) is -8.54. The number of carbonyl (C=O) groups excluding carboxylic acids is 2. The molecule has 0 aromatic carbocycles. The largest absolute Gasteiger partial charge is 0.481 e. The van der Waals surface area contributed by atoms with E-state index in [-0.39, 0.29) is 75.1 Å². The third-order valence-electron chi connectivity index (χ3n) is 15.7. The summed E-state index contributed by atoms with van der Waals surface area (Å²) in [6.07, 6.45) is -6.89. The summed E-state index contributed by atoms with van der Waals surface area (Å²) in [6, 6.07) is 0. The van der Waals surface area contributed by atoms with Crippen LogP contribution in [0.3, 0.4) is 0 Å². The number of aliphatic hydroxyl groups is 11. The van der Waals surface area contributed by atoms with E-state index < -0.39 is 134 Å². The highest BCUT2D eigenvalue weighted by molar-refractivity contribution is 5.90. The molecule has 2 aliphatic rings. The molecule has 0 amide bonds. The first-order valence-corrected chi connectivity index (χ1v) is 27.8. The second kappa shape index (κ2) is 34.6. The van der Waals surface area contributed by atoms with Crippen molar-refractivity contribution in [3.05, 3.63) is 23.8 Å². The monoisotopic (exact) mass is 1090 g/mol. The number of esters is 2. The molecule has 1 fully saturated rings. The molecule has 0 aromatic rings. The summed E-state index contributed by atoms with van der Waals surface area (Å²) in [5.41, 5.74) is 11.2. The van der Waals surface area contributed by atoms with E-state index in [4.69, 9.17) is 25.7 Å². The van der Waals surface area contributed by atoms with E-state index in [1.807, 2.05) is 20.8 Å². The zero-order valence-electron chi connectivity index (χ0n) is 46.3. The Kier molecular flexibility index (Phi) is 31.3. The number of rotatable bonds is 13. The lowest BCUT2D eigenvalue weighted by Crippen LogP contribution is -2.60. The Hall–Kier alpha value is -3.32. The minimum Gasteiger partial charge on any atom is -0.481 e. The van der Waals surface area contributed by atoms with Gasteiger partial charge in [0, 0.05) is 55.6 Å². The Morgan fingerprint density at radius 2 is 1.33 bits per heavy atom. The molecule has 2 heterocycles. The van der Waals surface area contributed by atoms with Crippen LogP contribution in [0.5, 0.6) is 0 Å². The summed E-state index contributed by atoms with van der Waals surface area (Å²) in [6.45, 7) is 12.8. The zero-order chi connectivity index (χ0) is 57.4. The number of hydrogen-bond donors (Lipinski definition) is 14. The number of hydrogen-bond acceptors (Lipinski definition) is 18. The van der Waals surface area contributed by atoms with Gasteiger partial charge in [-0.05, 0) is 82.5 Å². The Labute approximate surface area is 450 Å². The molecule has 2 aliphatic heterocycles. The molecule has 2 bridgehead atoms. The van der Waals surface area contributed by atoms with Crippen LogP contribution in [0.25, 0.3) is 0 Å². The van der Waals surface area contributed by atoms with Crippen LogP contribution >= 0.6 is 0 Å². The molecule has 20 unspecified atom stereocenters. The molecule has 76 heavy (non-hydrogen) atoms. The predicted octanol–water partition coefficient (Wildman–Crippen LogP) is 2.61. The number of fused-ring (bicyclic) bond motifs is 2. The fourth-order valence-corrected chi connectivity index (χ4v) is 10.2. The van der Waals surface area contributed by atoms with Gasteiger partial charge in [0.15, 0.2) is 11.7 Å². The van der Waals surface area contributed by atoms with Gasteiger partial charge in [0.1, 0.15) is 24.7 Å². The SMILES string of the molecule is CC1=CCCC(C)C(O)CC(O)C(C)C(O)CCC(C)C(O)CC2(O)OC(CC(OC(=O)CC(=O)O)CC(O)CC(O)CC(O)C(C)C(O)C=CC(C)C(C(C)CCCCCCCCN=C(N)N)OC1=O)CC(O)C2O. The molecule has 0 saturated carbocycles. The van der Waals surface area contributed by atoms with Crippen LogP contribution in [0.4, 0.5) is 0 Å². The number of allylic oxidation sites excluding steroid dienone is 1. The average Bonchev–Trinajstić information content (AvgIpc) is 3.33. The number of aliphatic hydroxyl groups excluding tert-OH is 10. The number of cyclic esters (lactones) is 1. The maximum atomic E-state index is 13.7. The lowest BCUT2D eigenvalue weighted by molar-refractivity contribution is -0.333. The first-order chi connectivity index (χ1) is 35.5. The van der Waals surface area contributed by atoms with Crippen molar-refractivity contribution in [2.24, 2.45) is 52.0 Å². The van der Waals surface area contributed by atoms with E-state index >= 15 is 0 Å². The third kappa shape index (κ3) is 25.2. The smallest absolute Gasteiger partial charge is 0.333 e. The second-order valence-corrected chi connectivity index (χ2v) is 22.6. The summed E-state index contributed by atoms with van der Waals surface area (Å²) in [7, 11) is 0. The summed E-state index contributed by atoms with van der Waals surface area (Å²) in [4.78, 5) is 41.6. The van der Waals surface area contributed by atoms with Crippen LogP contribution < -0.4 is 11.5 Å². The number of guanidine groups is 1. The predicted molar refractivity (Wildman–Crippen MR) is 284 cm³/mol. The van der Waals surface area contributed by atoms with Gasteiger partial charge in [0.2, 0.25) is 0 Å². The Morgan fingerprint density at radius 3 is 1.97 bits per heavy atom. The Bertz CT molecular complexity index is 1790. The number of unbranched alkanes of at least 4 members (excludes halogenated alkanes) is 5. The van der Waals surface area contributed by atoms with Crippen molar-refractivity contribution in [2.75, 3.05) is 6.54 Å². The standard InChI is InChI=1S/C55H99N3O18/c1-31-16-14-17-35(5)53(72)75-51(33(3)15-12-10-8-9-11-13-22-58-54(56)57)34(4)19-21-43(62)36(6)45(64)25-39(60)23-38(59)24-40(74-50(70)29-49(68)69)26-41-27-47(66)52(71)55(73,76-41)30-48(67)32(2)18-20-42(61)37(7)46(65)28-44(31)63/h17,19,21,31-34,36-48,51-52,59-67,71,73H,8-16,18,20,22-30H2,1-7H3,(H,68,69)(H4,56,57,58). The molecule has 21 nitrogen and oxygen atoms in total. The van der Waals surface area contributed by atoms with Crippen LogP contribution in [-0.4, -0.2) is 177 Å². The van der Waals surface area contributed by atoms with Gasteiger partial charge >= 0.3 is 17.9 Å². The van der Waals surface area contributed by atoms with Crippen molar-refractivity contribution in [3.8, 4) is 0 Å². The number of aliphatic carboxylic acids is 1. The van der Waals surface area contributed by atoms with Gasteiger partial charge in [-0.1, -0.05) is 91.9 Å². The van der Waals surface area contributed by atoms with Gasteiger partial charge in [-0.15, -0.1) is 0 Å². The number of nitrogens with two attached hydrogens (primary N) is 2. The van der Waals surface area contributed by atoms with E-state index in [2.05, 4.69) is 4.99 Å². The van der Waals surface area contributed by atoms with Crippen LogP contribution in [0.15, 0.2) is 28.8 Å². The molecular formula is C55H99N3O18. The van der Waals surface area contributed by atoms with Gasteiger partial charge in [0.05, 0.1) is 61.0 Å². The van der Waals surface area contributed by atoms with Crippen molar-refractivity contribution >= 4 is 23.9 Å². The van der Waals surface area contributed by atoms with Crippen molar-refractivity contribution in [1.82, 2.24) is 0 Å². The fourth-order valence-electron chi connectivity index (χ4n) is 10.2. The van der Waals surface area contributed by atoms with Gasteiger partial charge in [0.25, 0.3) is 0 Å². The molecule has 442 valence electrons. The quantitative estimate of drug-likeness (QED) is 0.0315. The summed E-state index contributed by atoms with van der Waals surface area (Å²) >= 11 is 0. The minimum atomic E-state index is -2.53. The number of aliphatic imine (C=N–C) groups is 1. The Morgan fingerprint density at radius 1 is 0.724 bits per heavy atom. The first-order valence-electron chi connectivity index (χ1n) is 27.8. The highest BCUT2D eigenvalue weighted by atomic mass is 16.7. The number of carbonyl (C=O) groups is 3. The normalized spacial score (nSPS) is 37.6. The van der Waals surface area contributed by atoms with Crippen molar-refractivity contribution < 1.29 is 89.9 Å². The van der Waals surface area contributed by atoms with Gasteiger partial charge < -0.3 is 87.0 Å². The van der Waals surface area contributed by atoms with E-state index in [1.165, 1.54) is 6.08 Å². The van der Waals surface area contributed by atoms with Crippen molar-refractivity contribution in [2.45, 2.75) is 256 Å². The average molecular weight is 1090 g/mol. The molecule has 20 atom stereocenters. The maximum absolute atomic E-state index is 13.7. The van der Waals surface area contributed by atoms with E-state index in [0.717, 1.165) is 44.9 Å². The fraction of sp³-hybridized carbons (Fsp3) is 0.855. The lowest BCUT2D eigenvalue weighted by atomic mass is 9.83. The highest BCUT2D eigenvalue weighted by Gasteiger charge is 2.50. The van der Waals surface area contributed by atoms with Crippen molar-refractivity contribution in [1.29, 1.82) is 0 Å². The number of nitrogens with zero attached hydrogens (tertiary/aromatic N) is 1. The lowest BCUT2D eigenvalue weighted by Gasteiger charge is -2.45. The second-order valence-electron chi connectivity index (χ2n) is 22.6. The first kappa shape index (κ1) is 68.8. The number of ether oxygens (including phenoxy) is 3. The van der Waals surface area contributed by atoms with E-state index in [9.17, 15) is 75.7 Å². The van der Waals surface area contributed by atoms with E-state index in [1.54, 1.807) is 39.8 Å². The number of carboxylic acid groups (broad SMARTS) is 1. The summed E-state index contributed by atoms with van der Waals surface area (Å²) in [5, 5.41) is 132. The molecule has 0 aliphatic carbocycles. The van der Waals surface area contributed by atoms with Gasteiger partial charge in [-0.3, -0.25) is 14.6 Å². The van der Waals surface area contributed by atoms with Crippen LogP contribution in [0.1, 0.15) is 170 Å². The van der Waals surface area contributed by atoms with Crippen LogP contribution in [0, 0.1) is 35.5 Å². The molecule has 0 spiro atoms. The van der Waals surface area contributed by atoms with E-state index in [0.29, 0.717) is 25.0 Å². The highest BCUT2D eigenvalue weighted by Crippen LogP contribution is 2.36. The molecule has 21 heteroatoms. The van der Waals surface area contributed by atoms with Gasteiger partial charge in [-0.2, -0.15) is 0 Å². The zero-order valence-corrected chi connectivity index (χ0v) is 46.3. The summed E-state index contributed by atoms with van der Waals surface area (Å²) < 4.78 is 17.5. The molecule has 1 saturated heterocycles. The van der Waals surface area contributed by atoms with Gasteiger partial charge in [-0.25, -0.2) is 4.79 Å². The Balaban J connectivity index is 2.41. The maximum Gasteiger partial charge on any atom is 0.333 e. The minimum absolute atomic E-state index is 0.0363. The van der Waals surface area contributed by atoms with Crippen LogP contribution in [-0.2, 0) is 28.6 Å². The molecule has 16 N–H and O–H groups in total. The third-order valence-corrected chi connectivity index (χ3v) is 15.7. The van der Waals surface area contributed by atoms with Crippen molar-refractivity contribution in [3.63, 3.8) is 0 Å². The molecule has 0 aromatic heterocycles.